The van der Waals surface area contributed by atoms with Gasteiger partial charge in [0.15, 0.2) is 0 Å². The van der Waals surface area contributed by atoms with Crippen molar-refractivity contribution in [3.8, 4) is 5.75 Å². The van der Waals surface area contributed by atoms with E-state index in [1.165, 1.54) is 0 Å². The Morgan fingerprint density at radius 3 is 2.79 bits per heavy atom. The number of carbonyl (C=O) groups is 1. The average molecular weight is 259 g/mol. The second kappa shape index (κ2) is 6.58. The Morgan fingerprint density at radius 2 is 2.16 bits per heavy atom. The van der Waals surface area contributed by atoms with Crippen molar-refractivity contribution in [2.75, 3.05) is 13.7 Å². The summed E-state index contributed by atoms with van der Waals surface area (Å²) in [4.78, 5) is 19.0. The van der Waals surface area contributed by atoms with E-state index in [1.807, 2.05) is 0 Å². The number of aromatic amines is 1. The summed E-state index contributed by atoms with van der Waals surface area (Å²) in [6.45, 7) is 0.631. The number of hydrogen-bond donors (Lipinski definition) is 2. The van der Waals surface area contributed by atoms with Crippen LogP contribution < -0.4 is 10.1 Å². The third kappa shape index (κ3) is 3.84. The predicted octanol–water partition coefficient (Wildman–Crippen LogP) is 1.78. The molecule has 0 saturated carbocycles. The number of hydrogen-bond acceptors (Lipinski definition) is 3. The second-order valence-corrected chi connectivity index (χ2v) is 4.12. The van der Waals surface area contributed by atoms with Crippen LogP contribution in [0.1, 0.15) is 22.6 Å². The molecule has 1 aromatic heterocycles. The normalized spacial score (nSPS) is 10.2. The topological polar surface area (TPSA) is 67.0 Å². The Kier molecular flexibility index (Phi) is 4.55. The predicted molar refractivity (Wildman–Crippen MR) is 72.2 cm³/mol. The number of rotatable bonds is 6. The molecule has 100 valence electrons. The van der Waals surface area contributed by atoms with Crippen LogP contribution in [0.15, 0.2) is 36.7 Å². The Bertz CT molecular complexity index is 506. The van der Waals surface area contributed by atoms with Crippen molar-refractivity contribution >= 4 is 5.91 Å². The first kappa shape index (κ1) is 13.1. The van der Waals surface area contributed by atoms with Gasteiger partial charge in [-0.1, -0.05) is 0 Å². The van der Waals surface area contributed by atoms with E-state index in [4.69, 9.17) is 4.74 Å². The van der Waals surface area contributed by atoms with E-state index in [-0.39, 0.29) is 5.91 Å². The molecule has 5 nitrogen and oxygen atoms in total. The Hall–Kier alpha value is -2.30. The van der Waals surface area contributed by atoms with Crippen LogP contribution in [0.2, 0.25) is 0 Å². The Balaban J connectivity index is 1.74. The number of nitrogens with zero attached hydrogens (tertiary/aromatic N) is 1. The van der Waals surface area contributed by atoms with Crippen LogP contribution in [0.3, 0.4) is 0 Å². The van der Waals surface area contributed by atoms with Gasteiger partial charge in [-0.2, -0.15) is 0 Å². The molecule has 0 aliphatic carbocycles. The first-order valence-electron chi connectivity index (χ1n) is 6.20. The molecule has 0 aliphatic heterocycles. The van der Waals surface area contributed by atoms with Crippen LogP contribution in [0, 0.1) is 0 Å². The summed E-state index contributed by atoms with van der Waals surface area (Å²) in [6.07, 6.45) is 5.21. The molecule has 0 unspecified atom stereocenters. The van der Waals surface area contributed by atoms with Crippen LogP contribution in [0.4, 0.5) is 0 Å². The van der Waals surface area contributed by atoms with Crippen LogP contribution in [-0.2, 0) is 6.42 Å². The highest BCUT2D eigenvalue weighted by atomic mass is 16.5. The van der Waals surface area contributed by atoms with Crippen LogP contribution in [-0.4, -0.2) is 29.5 Å². The maximum atomic E-state index is 11.8. The van der Waals surface area contributed by atoms with Crippen molar-refractivity contribution < 1.29 is 9.53 Å². The molecular formula is C14H17N3O2. The summed E-state index contributed by atoms with van der Waals surface area (Å²) in [5, 5.41) is 2.88. The molecule has 0 fully saturated rings. The molecule has 1 amide bonds. The quantitative estimate of drug-likeness (QED) is 0.777. The van der Waals surface area contributed by atoms with Crippen molar-refractivity contribution in [2.24, 2.45) is 0 Å². The lowest BCUT2D eigenvalue weighted by atomic mass is 10.2. The molecule has 0 aliphatic rings. The highest BCUT2D eigenvalue weighted by molar-refractivity contribution is 5.94. The number of aryl methyl sites for hydroxylation is 1. The number of aromatic nitrogens is 2. The zero-order chi connectivity index (χ0) is 13.5. The first-order valence-corrected chi connectivity index (χ1v) is 6.20. The van der Waals surface area contributed by atoms with Gasteiger partial charge in [0, 0.05) is 30.9 Å². The number of ether oxygens (including phenoxy) is 1. The molecule has 0 bridgehead atoms. The van der Waals surface area contributed by atoms with Crippen molar-refractivity contribution in [3.05, 3.63) is 48.0 Å². The van der Waals surface area contributed by atoms with Crippen LogP contribution in [0.25, 0.3) is 0 Å². The first-order chi connectivity index (χ1) is 9.29. The van der Waals surface area contributed by atoms with Crippen LogP contribution >= 0.6 is 0 Å². The summed E-state index contributed by atoms with van der Waals surface area (Å²) >= 11 is 0. The van der Waals surface area contributed by atoms with Crippen molar-refractivity contribution in [2.45, 2.75) is 12.8 Å². The fourth-order valence-corrected chi connectivity index (χ4v) is 1.74. The summed E-state index contributed by atoms with van der Waals surface area (Å²) in [5.74, 6) is 1.62. The highest BCUT2D eigenvalue weighted by Crippen LogP contribution is 2.10. The standard InChI is InChI=1S/C14H17N3O2/c1-19-12-6-4-11(5-7-12)14(18)17-8-2-3-13-15-9-10-16-13/h4-7,9-10H,2-3,8H2,1H3,(H,15,16)(H,17,18). The van der Waals surface area contributed by atoms with Gasteiger partial charge < -0.3 is 15.0 Å². The number of imidazole rings is 1. The fourth-order valence-electron chi connectivity index (χ4n) is 1.74. The lowest BCUT2D eigenvalue weighted by molar-refractivity contribution is 0.0953. The molecule has 0 saturated heterocycles. The fraction of sp³-hybridized carbons (Fsp3) is 0.286. The Morgan fingerprint density at radius 1 is 1.37 bits per heavy atom. The van der Waals surface area contributed by atoms with E-state index in [9.17, 15) is 4.79 Å². The minimum atomic E-state index is -0.0675. The number of carbonyl (C=O) groups excluding carboxylic acids is 1. The maximum absolute atomic E-state index is 11.8. The zero-order valence-corrected chi connectivity index (χ0v) is 10.8. The van der Waals surface area contributed by atoms with E-state index in [1.54, 1.807) is 43.8 Å². The lowest BCUT2D eigenvalue weighted by Gasteiger charge is -2.05. The monoisotopic (exact) mass is 259 g/mol. The maximum Gasteiger partial charge on any atom is 0.251 e. The molecular weight excluding hydrogens is 242 g/mol. The van der Waals surface area contributed by atoms with Gasteiger partial charge in [0.05, 0.1) is 7.11 Å². The van der Waals surface area contributed by atoms with Gasteiger partial charge in [0.1, 0.15) is 11.6 Å². The lowest BCUT2D eigenvalue weighted by Crippen LogP contribution is -2.24. The summed E-state index contributed by atoms with van der Waals surface area (Å²) in [6, 6.07) is 7.05. The van der Waals surface area contributed by atoms with Crippen molar-refractivity contribution in [1.29, 1.82) is 0 Å². The minimum absolute atomic E-state index is 0.0675. The minimum Gasteiger partial charge on any atom is -0.497 e. The van der Waals surface area contributed by atoms with Gasteiger partial charge in [-0.05, 0) is 30.7 Å². The SMILES string of the molecule is COc1ccc(C(=O)NCCCc2ncc[nH]2)cc1. The second-order valence-electron chi connectivity index (χ2n) is 4.12. The van der Waals surface area contributed by atoms with E-state index in [0.717, 1.165) is 24.4 Å². The molecule has 1 aromatic carbocycles. The number of benzene rings is 1. The number of H-pyrrole nitrogens is 1. The molecule has 19 heavy (non-hydrogen) atoms. The summed E-state index contributed by atoms with van der Waals surface area (Å²) in [7, 11) is 1.60. The molecule has 0 radical (unpaired) electrons. The zero-order valence-electron chi connectivity index (χ0n) is 10.8. The van der Waals surface area contributed by atoms with Crippen molar-refractivity contribution in [1.82, 2.24) is 15.3 Å². The number of methoxy groups -OCH3 is 1. The molecule has 5 heteroatoms. The van der Waals surface area contributed by atoms with Gasteiger partial charge in [0.25, 0.3) is 5.91 Å². The number of amides is 1. The van der Waals surface area contributed by atoms with Crippen molar-refractivity contribution in [3.63, 3.8) is 0 Å². The molecule has 2 N–H and O–H groups in total. The molecule has 0 spiro atoms. The third-order valence-electron chi connectivity index (χ3n) is 2.78. The van der Waals surface area contributed by atoms with Crippen LogP contribution in [0.5, 0.6) is 5.75 Å². The molecule has 2 aromatic rings. The van der Waals surface area contributed by atoms with Gasteiger partial charge in [0.2, 0.25) is 0 Å². The van der Waals surface area contributed by atoms with E-state index in [0.29, 0.717) is 12.1 Å². The van der Waals surface area contributed by atoms with E-state index >= 15 is 0 Å². The van der Waals surface area contributed by atoms with Gasteiger partial charge in [-0.15, -0.1) is 0 Å². The third-order valence-corrected chi connectivity index (χ3v) is 2.78. The largest absolute Gasteiger partial charge is 0.497 e. The van der Waals surface area contributed by atoms with E-state index in [2.05, 4.69) is 15.3 Å². The summed E-state index contributed by atoms with van der Waals surface area (Å²) < 4.78 is 5.05. The van der Waals surface area contributed by atoms with E-state index < -0.39 is 0 Å². The van der Waals surface area contributed by atoms with Gasteiger partial charge in [-0.25, -0.2) is 4.98 Å². The highest BCUT2D eigenvalue weighted by Gasteiger charge is 2.04. The molecule has 0 atom stereocenters. The average Bonchev–Trinajstić information content (AvgIpc) is 2.96. The Labute approximate surface area is 112 Å². The number of nitrogens with one attached hydrogen (secondary N) is 2. The smallest absolute Gasteiger partial charge is 0.251 e. The van der Waals surface area contributed by atoms with Gasteiger partial charge >= 0.3 is 0 Å². The van der Waals surface area contributed by atoms with Gasteiger partial charge in [-0.3, -0.25) is 4.79 Å². The molecule has 1 heterocycles. The summed E-state index contributed by atoms with van der Waals surface area (Å²) in [5.41, 5.74) is 0.638. The molecule has 2 rings (SSSR count).